The van der Waals surface area contributed by atoms with E-state index in [1.165, 1.54) is 32.1 Å². The summed E-state index contributed by atoms with van der Waals surface area (Å²) in [6.07, 6.45) is 10.7. The summed E-state index contributed by atoms with van der Waals surface area (Å²) in [6, 6.07) is 0.526. The van der Waals surface area contributed by atoms with Gasteiger partial charge in [0.2, 0.25) is 0 Å². The maximum Gasteiger partial charge on any atom is 0.306 e. The molecule has 0 aromatic carbocycles. The smallest absolute Gasteiger partial charge is 0.306 e. The van der Waals surface area contributed by atoms with Crippen molar-refractivity contribution in [3.63, 3.8) is 0 Å². The summed E-state index contributed by atoms with van der Waals surface area (Å²) in [4.78, 5) is 10.8. The second-order valence-corrected chi connectivity index (χ2v) is 5.06. The molecule has 1 heterocycles. The lowest BCUT2D eigenvalue weighted by atomic mass is 9.96. The summed E-state index contributed by atoms with van der Waals surface area (Å²) in [5.74, 6) is -1.07. The van der Waals surface area contributed by atoms with Gasteiger partial charge >= 0.3 is 5.97 Å². The number of carbonyl (C=O) groups is 1. The predicted molar refractivity (Wildman–Crippen MR) is 64.9 cm³/mol. The lowest BCUT2D eigenvalue weighted by Crippen LogP contribution is -2.13. The van der Waals surface area contributed by atoms with Gasteiger partial charge in [-0.25, -0.2) is 0 Å². The number of hydrogen-bond acceptors (Lipinski definition) is 2. The average molecular weight is 236 g/mol. The molecule has 94 valence electrons. The Morgan fingerprint density at radius 3 is 2.88 bits per heavy atom. The van der Waals surface area contributed by atoms with Crippen molar-refractivity contribution < 1.29 is 9.90 Å². The van der Waals surface area contributed by atoms with E-state index in [0.29, 0.717) is 12.5 Å². The second-order valence-electron chi connectivity index (χ2n) is 5.06. The molecule has 1 saturated carbocycles. The number of nitrogens with zero attached hydrogens (tertiary/aromatic N) is 2. The summed E-state index contributed by atoms with van der Waals surface area (Å²) in [5, 5.41) is 13.2. The fourth-order valence-electron chi connectivity index (χ4n) is 2.47. The van der Waals surface area contributed by atoms with Crippen molar-refractivity contribution in [2.45, 2.75) is 51.5 Å². The number of carboxylic acid groups (broad SMARTS) is 1. The molecular weight excluding hydrogens is 216 g/mol. The van der Waals surface area contributed by atoms with Crippen LogP contribution in [-0.4, -0.2) is 20.9 Å². The quantitative estimate of drug-likeness (QED) is 0.874. The normalized spacial score (nSPS) is 19.1. The van der Waals surface area contributed by atoms with Crippen LogP contribution in [0, 0.1) is 5.92 Å². The van der Waals surface area contributed by atoms with E-state index < -0.39 is 5.97 Å². The van der Waals surface area contributed by atoms with Crippen LogP contribution in [0.1, 0.15) is 50.6 Å². The Morgan fingerprint density at radius 1 is 1.53 bits per heavy atom. The molecule has 17 heavy (non-hydrogen) atoms. The molecule has 2 rings (SSSR count). The first-order valence-corrected chi connectivity index (χ1v) is 6.42. The fourth-order valence-corrected chi connectivity index (χ4v) is 2.47. The van der Waals surface area contributed by atoms with Gasteiger partial charge in [-0.15, -0.1) is 0 Å². The average Bonchev–Trinajstić information content (AvgIpc) is 2.78. The molecule has 1 aromatic rings. The molecule has 1 aliphatic carbocycles. The van der Waals surface area contributed by atoms with Gasteiger partial charge in [-0.3, -0.25) is 9.48 Å². The third kappa shape index (κ3) is 3.08. The molecule has 0 radical (unpaired) electrons. The first kappa shape index (κ1) is 12.1. The topological polar surface area (TPSA) is 55.1 Å². The van der Waals surface area contributed by atoms with Crippen LogP contribution in [0.25, 0.3) is 0 Å². The van der Waals surface area contributed by atoms with E-state index in [1.807, 2.05) is 17.1 Å². The zero-order chi connectivity index (χ0) is 12.3. The largest absolute Gasteiger partial charge is 0.481 e. The second kappa shape index (κ2) is 5.34. The molecule has 0 saturated heterocycles. The van der Waals surface area contributed by atoms with Crippen LogP contribution in [0.5, 0.6) is 0 Å². The van der Waals surface area contributed by atoms with Gasteiger partial charge in [0.15, 0.2) is 0 Å². The van der Waals surface area contributed by atoms with E-state index in [4.69, 9.17) is 5.11 Å². The van der Waals surface area contributed by atoms with Gasteiger partial charge in [-0.1, -0.05) is 26.2 Å². The minimum Gasteiger partial charge on any atom is -0.481 e. The molecule has 1 atom stereocenters. The molecule has 4 heteroatoms. The Morgan fingerprint density at radius 2 is 2.24 bits per heavy atom. The molecule has 1 aliphatic rings. The third-order valence-corrected chi connectivity index (χ3v) is 3.57. The monoisotopic (exact) mass is 236 g/mol. The summed E-state index contributed by atoms with van der Waals surface area (Å²) in [5.41, 5.74) is 1.03. The van der Waals surface area contributed by atoms with Crippen molar-refractivity contribution >= 4 is 5.97 Å². The highest BCUT2D eigenvalue weighted by atomic mass is 16.4. The Hall–Kier alpha value is -1.32. The van der Waals surface area contributed by atoms with E-state index >= 15 is 0 Å². The number of hydrogen-bond donors (Lipinski definition) is 1. The summed E-state index contributed by atoms with van der Waals surface area (Å²) >= 11 is 0. The van der Waals surface area contributed by atoms with Gasteiger partial charge in [0.05, 0.1) is 18.2 Å². The molecule has 0 spiro atoms. The van der Waals surface area contributed by atoms with Gasteiger partial charge in [0.1, 0.15) is 0 Å². The van der Waals surface area contributed by atoms with Crippen LogP contribution in [0.4, 0.5) is 0 Å². The number of carboxylic acids is 1. The molecular formula is C13H20N2O2. The SMILES string of the molecule is CC(Cc1cnn(C2CCCCC2)c1)C(=O)O. The van der Waals surface area contributed by atoms with Crippen LogP contribution in [0.15, 0.2) is 12.4 Å². The molecule has 0 bridgehead atoms. The van der Waals surface area contributed by atoms with Crippen LogP contribution in [0.2, 0.25) is 0 Å². The Balaban J connectivity index is 1.97. The van der Waals surface area contributed by atoms with E-state index in [2.05, 4.69) is 5.10 Å². The Kier molecular flexibility index (Phi) is 3.82. The van der Waals surface area contributed by atoms with E-state index in [-0.39, 0.29) is 5.92 Å². The van der Waals surface area contributed by atoms with E-state index in [9.17, 15) is 4.79 Å². The van der Waals surface area contributed by atoms with E-state index in [1.54, 1.807) is 6.92 Å². The first-order chi connectivity index (χ1) is 8.16. The minimum absolute atomic E-state index is 0.334. The van der Waals surface area contributed by atoms with Gasteiger partial charge in [-0.2, -0.15) is 5.10 Å². The van der Waals surface area contributed by atoms with Gasteiger partial charge < -0.3 is 5.11 Å². The molecule has 1 N–H and O–H groups in total. The predicted octanol–water partition coefficient (Wildman–Crippen LogP) is 2.65. The summed E-state index contributed by atoms with van der Waals surface area (Å²) < 4.78 is 2.03. The van der Waals surface area contributed by atoms with Gasteiger partial charge in [0.25, 0.3) is 0 Å². The maximum absolute atomic E-state index is 10.8. The molecule has 1 fully saturated rings. The van der Waals surface area contributed by atoms with Crippen LogP contribution in [-0.2, 0) is 11.2 Å². The maximum atomic E-state index is 10.8. The van der Waals surface area contributed by atoms with Crippen molar-refractivity contribution in [1.29, 1.82) is 0 Å². The van der Waals surface area contributed by atoms with Crippen molar-refractivity contribution in [2.24, 2.45) is 5.92 Å². The molecule has 0 amide bonds. The molecule has 1 aromatic heterocycles. The van der Waals surface area contributed by atoms with Crippen LogP contribution < -0.4 is 0 Å². The third-order valence-electron chi connectivity index (χ3n) is 3.57. The van der Waals surface area contributed by atoms with Crippen molar-refractivity contribution in [2.75, 3.05) is 0 Å². The molecule has 0 aliphatic heterocycles. The summed E-state index contributed by atoms with van der Waals surface area (Å²) in [7, 11) is 0. The highest BCUT2D eigenvalue weighted by molar-refractivity contribution is 5.69. The molecule has 1 unspecified atom stereocenters. The molecule has 4 nitrogen and oxygen atoms in total. The zero-order valence-corrected chi connectivity index (χ0v) is 10.3. The minimum atomic E-state index is -0.740. The van der Waals surface area contributed by atoms with E-state index in [0.717, 1.165) is 5.56 Å². The van der Waals surface area contributed by atoms with Crippen molar-refractivity contribution in [1.82, 2.24) is 9.78 Å². The van der Waals surface area contributed by atoms with Crippen molar-refractivity contribution in [3.8, 4) is 0 Å². The van der Waals surface area contributed by atoms with Crippen molar-refractivity contribution in [3.05, 3.63) is 18.0 Å². The first-order valence-electron chi connectivity index (χ1n) is 6.42. The lowest BCUT2D eigenvalue weighted by Gasteiger charge is -2.21. The van der Waals surface area contributed by atoms with Crippen LogP contribution in [0.3, 0.4) is 0 Å². The number of aliphatic carboxylic acids is 1. The Bertz CT molecular complexity index is 381. The van der Waals surface area contributed by atoms with Gasteiger partial charge in [-0.05, 0) is 24.8 Å². The zero-order valence-electron chi connectivity index (χ0n) is 10.3. The Labute approximate surface area is 102 Å². The number of aromatic nitrogens is 2. The standard InChI is InChI=1S/C13H20N2O2/c1-10(13(16)17)7-11-8-14-15(9-11)12-5-3-2-4-6-12/h8-10,12H,2-7H2,1H3,(H,16,17). The highest BCUT2D eigenvalue weighted by Crippen LogP contribution is 2.27. The lowest BCUT2D eigenvalue weighted by molar-refractivity contribution is -0.141. The van der Waals surface area contributed by atoms with Crippen LogP contribution >= 0.6 is 0 Å². The van der Waals surface area contributed by atoms with Gasteiger partial charge in [0, 0.05) is 6.20 Å². The fraction of sp³-hybridized carbons (Fsp3) is 0.692. The highest BCUT2D eigenvalue weighted by Gasteiger charge is 2.17. The number of rotatable bonds is 4. The summed E-state index contributed by atoms with van der Waals surface area (Å²) in [6.45, 7) is 1.74.